The van der Waals surface area contributed by atoms with E-state index in [1.165, 1.54) is 0 Å². The fourth-order valence-corrected chi connectivity index (χ4v) is 3.57. The van der Waals surface area contributed by atoms with Crippen LogP contribution in [0.4, 0.5) is 19.0 Å². The van der Waals surface area contributed by atoms with Gasteiger partial charge in [-0.3, -0.25) is 9.78 Å². The number of nitrogens with zero attached hydrogens (tertiary/aromatic N) is 4. The van der Waals surface area contributed by atoms with Gasteiger partial charge in [0.25, 0.3) is 5.91 Å². The Morgan fingerprint density at radius 3 is 2.82 bits per heavy atom. The van der Waals surface area contributed by atoms with Gasteiger partial charge in [-0.25, -0.2) is 15.0 Å². The average molecular weight is 469 g/mol. The Morgan fingerprint density at radius 2 is 2.03 bits per heavy atom. The Bertz CT molecular complexity index is 1010. The molecule has 1 fully saturated rings. The largest absolute Gasteiger partial charge is 0.434 e. The maximum absolute atomic E-state index is 12.8. The zero-order valence-corrected chi connectivity index (χ0v) is 17.2. The first-order valence-corrected chi connectivity index (χ1v) is 10.2. The second-order valence-electron chi connectivity index (χ2n) is 7.69. The van der Waals surface area contributed by atoms with Gasteiger partial charge >= 0.3 is 6.18 Å². The molecule has 0 radical (unpaired) electrons. The zero-order valence-electron chi connectivity index (χ0n) is 17.2. The summed E-state index contributed by atoms with van der Waals surface area (Å²) in [5.41, 5.74) is 0.529. The van der Waals surface area contributed by atoms with E-state index in [0.29, 0.717) is 19.2 Å². The zero-order chi connectivity index (χ0) is 23.6. The predicted molar refractivity (Wildman–Crippen MR) is 106 cm³/mol. The summed E-state index contributed by atoms with van der Waals surface area (Å²) in [5.74, 6) is -0.790. The van der Waals surface area contributed by atoms with E-state index in [2.05, 4.69) is 35.9 Å². The summed E-state index contributed by atoms with van der Waals surface area (Å²) in [5, 5.41) is 29.1. The Kier molecular flexibility index (Phi) is 6.69. The van der Waals surface area contributed by atoms with Crippen molar-refractivity contribution in [2.45, 2.75) is 43.5 Å². The summed E-state index contributed by atoms with van der Waals surface area (Å²) < 4.78 is 43.9. The maximum Gasteiger partial charge on any atom is 0.434 e. The molecule has 2 aliphatic rings. The Labute approximate surface area is 185 Å². The number of aliphatic hydroxyl groups excluding tert-OH is 2. The quantitative estimate of drug-likeness (QED) is 0.378. The van der Waals surface area contributed by atoms with Gasteiger partial charge in [0.15, 0.2) is 5.69 Å². The van der Waals surface area contributed by atoms with Crippen LogP contribution in [0.3, 0.4) is 0 Å². The van der Waals surface area contributed by atoms with Crippen LogP contribution in [0.2, 0.25) is 0 Å². The molecule has 1 saturated heterocycles. The summed E-state index contributed by atoms with van der Waals surface area (Å²) in [7, 11) is 0. The van der Waals surface area contributed by atoms with Crippen LogP contribution in [0.15, 0.2) is 18.6 Å². The van der Waals surface area contributed by atoms with E-state index < -0.39 is 42.1 Å². The number of carbonyl (C=O) groups is 1. The highest BCUT2D eigenvalue weighted by Crippen LogP contribution is 2.28. The first kappa shape index (κ1) is 23.2. The Balaban J connectivity index is 1.32. The van der Waals surface area contributed by atoms with Gasteiger partial charge in [0.05, 0.1) is 30.7 Å². The number of ether oxygens (including phenoxy) is 1. The van der Waals surface area contributed by atoms with Crippen molar-refractivity contribution < 1.29 is 32.9 Å². The third-order valence-corrected chi connectivity index (χ3v) is 5.37. The lowest BCUT2D eigenvalue weighted by Crippen LogP contribution is -2.58. The molecule has 5 N–H and O–H groups in total. The summed E-state index contributed by atoms with van der Waals surface area (Å²) in [6, 6.07) is -0.942. The van der Waals surface area contributed by atoms with E-state index in [9.17, 15) is 28.2 Å². The van der Waals surface area contributed by atoms with Crippen molar-refractivity contribution in [2.24, 2.45) is 0 Å². The second kappa shape index (κ2) is 9.51. The van der Waals surface area contributed by atoms with Gasteiger partial charge in [-0.1, -0.05) is 0 Å². The molecule has 14 heteroatoms. The molecule has 178 valence electrons. The van der Waals surface area contributed by atoms with E-state index in [1.807, 2.05) is 0 Å². The van der Waals surface area contributed by atoms with E-state index in [0.717, 1.165) is 24.0 Å². The topological polar surface area (TPSA) is 154 Å². The number of alkyl halides is 3. The molecule has 11 nitrogen and oxygen atoms in total. The summed E-state index contributed by atoms with van der Waals surface area (Å²) in [4.78, 5) is 27.6. The molecule has 2 aliphatic heterocycles. The fourth-order valence-electron chi connectivity index (χ4n) is 3.57. The van der Waals surface area contributed by atoms with Crippen molar-refractivity contribution in [3.05, 3.63) is 41.4 Å². The van der Waals surface area contributed by atoms with Crippen LogP contribution in [0.25, 0.3) is 0 Å². The van der Waals surface area contributed by atoms with Crippen LogP contribution in [-0.4, -0.2) is 80.1 Å². The normalized spacial score (nSPS) is 25.2. The average Bonchev–Trinajstić information content (AvgIpc) is 2.80. The lowest BCUT2D eigenvalue weighted by atomic mass is 9.98. The number of fused-ring (bicyclic) bond motifs is 1. The molecule has 33 heavy (non-hydrogen) atoms. The molecule has 2 aromatic heterocycles. The molecule has 2 aromatic rings. The molecule has 4 heterocycles. The number of anilines is 1. The van der Waals surface area contributed by atoms with Crippen LogP contribution in [0.5, 0.6) is 0 Å². The van der Waals surface area contributed by atoms with Crippen LogP contribution >= 0.6 is 0 Å². The van der Waals surface area contributed by atoms with E-state index in [1.54, 1.807) is 6.20 Å². The molecule has 1 amide bonds. The number of halogens is 3. The molecule has 0 aromatic carbocycles. The number of aliphatic hydroxyl groups is 2. The summed E-state index contributed by atoms with van der Waals surface area (Å²) in [6.45, 7) is 1.11. The van der Waals surface area contributed by atoms with Crippen molar-refractivity contribution in [1.29, 1.82) is 0 Å². The molecule has 0 aliphatic carbocycles. The molecule has 0 saturated carbocycles. The molecular weight excluding hydrogens is 447 g/mol. The van der Waals surface area contributed by atoms with Crippen LogP contribution in [0, 0.1) is 0 Å². The first-order chi connectivity index (χ1) is 15.7. The second-order valence-corrected chi connectivity index (χ2v) is 7.69. The Morgan fingerprint density at radius 1 is 1.21 bits per heavy atom. The highest BCUT2D eigenvalue weighted by Gasteiger charge is 2.39. The minimum Gasteiger partial charge on any atom is -0.388 e. The SMILES string of the molecule is O=C(NC[C@H]1OC[C@H](Nc2cncc(C(F)(F)F)n2)[C@@H](O)[C@H]1O)c1ncc2c(n1)CCNC2. The van der Waals surface area contributed by atoms with Gasteiger partial charge in [0.2, 0.25) is 5.82 Å². The number of amides is 1. The standard InChI is InChI=1S/C19H22F3N7O4/c20-19(21,22)13-6-24-7-14(29-13)27-11-8-33-12(16(31)15(11)30)5-26-18(32)17-25-4-9-3-23-2-1-10(9)28-17/h4,6-7,11-12,15-16,23,30-31H,1-3,5,8H2,(H,26,32)(H,27,29)/t11-,12+,15+,16-/m0/s1. The highest BCUT2D eigenvalue weighted by molar-refractivity contribution is 5.90. The van der Waals surface area contributed by atoms with Gasteiger partial charge in [0.1, 0.15) is 24.1 Å². The number of hydrogen-bond acceptors (Lipinski definition) is 10. The lowest BCUT2D eigenvalue weighted by Gasteiger charge is -2.38. The van der Waals surface area contributed by atoms with Gasteiger partial charge in [-0.2, -0.15) is 13.2 Å². The number of rotatable bonds is 5. The minimum absolute atomic E-state index is 0.0100. The van der Waals surface area contributed by atoms with Crippen molar-refractivity contribution in [3.63, 3.8) is 0 Å². The smallest absolute Gasteiger partial charge is 0.388 e. The van der Waals surface area contributed by atoms with Crippen LogP contribution in [0.1, 0.15) is 27.6 Å². The van der Waals surface area contributed by atoms with E-state index in [4.69, 9.17) is 4.74 Å². The fraction of sp³-hybridized carbons (Fsp3) is 0.526. The van der Waals surface area contributed by atoms with E-state index in [-0.39, 0.29) is 24.8 Å². The minimum atomic E-state index is -4.67. The lowest BCUT2D eigenvalue weighted by molar-refractivity contribution is -0.141. The molecule has 0 bridgehead atoms. The van der Waals surface area contributed by atoms with E-state index >= 15 is 0 Å². The van der Waals surface area contributed by atoms with Crippen molar-refractivity contribution in [2.75, 3.05) is 25.0 Å². The number of hydrogen-bond donors (Lipinski definition) is 5. The predicted octanol–water partition coefficient (Wildman–Crippen LogP) is -0.738. The van der Waals surface area contributed by atoms with Crippen LogP contribution in [-0.2, 0) is 23.9 Å². The highest BCUT2D eigenvalue weighted by atomic mass is 19.4. The molecule has 4 atom stereocenters. The number of nitrogens with one attached hydrogen (secondary N) is 3. The van der Waals surface area contributed by atoms with Gasteiger partial charge in [-0.05, 0) is 0 Å². The van der Waals surface area contributed by atoms with Crippen molar-refractivity contribution in [1.82, 2.24) is 30.6 Å². The summed E-state index contributed by atoms with van der Waals surface area (Å²) in [6.07, 6.45) is -4.53. The molecular formula is C19H22F3N7O4. The monoisotopic (exact) mass is 469 g/mol. The third-order valence-electron chi connectivity index (χ3n) is 5.37. The number of carbonyl (C=O) groups excluding carboxylic acids is 1. The third kappa shape index (κ3) is 5.35. The summed E-state index contributed by atoms with van der Waals surface area (Å²) >= 11 is 0. The van der Waals surface area contributed by atoms with Gasteiger partial charge in [0, 0.05) is 37.8 Å². The van der Waals surface area contributed by atoms with Crippen molar-refractivity contribution in [3.8, 4) is 0 Å². The van der Waals surface area contributed by atoms with Crippen LogP contribution < -0.4 is 16.0 Å². The maximum atomic E-state index is 12.8. The van der Waals surface area contributed by atoms with Gasteiger partial charge < -0.3 is 30.9 Å². The van der Waals surface area contributed by atoms with Gasteiger partial charge in [-0.15, -0.1) is 0 Å². The Hall–Kier alpha value is -2.94. The molecule has 0 spiro atoms. The molecule has 4 rings (SSSR count). The number of aromatic nitrogens is 4. The molecule has 0 unspecified atom stereocenters. The van der Waals surface area contributed by atoms with Crippen molar-refractivity contribution >= 4 is 11.7 Å². The first-order valence-electron chi connectivity index (χ1n) is 10.2.